The molecule has 9 heteroatoms. The van der Waals surface area contributed by atoms with E-state index in [1.807, 2.05) is 0 Å². The van der Waals surface area contributed by atoms with Gasteiger partial charge >= 0.3 is 12.0 Å². The molecule has 0 bridgehead atoms. The summed E-state index contributed by atoms with van der Waals surface area (Å²) in [5.74, 6) is -2.89. The van der Waals surface area contributed by atoms with Gasteiger partial charge in [-0.25, -0.2) is 9.59 Å². The molecule has 1 aliphatic heterocycles. The first kappa shape index (κ1) is 20.5. The third kappa shape index (κ3) is 4.61. The lowest BCUT2D eigenvalue weighted by atomic mass is 9.96. The molecular weight excluding hydrogens is 378 g/mol. The van der Waals surface area contributed by atoms with Crippen molar-refractivity contribution in [1.29, 1.82) is 0 Å². The Kier molecular flexibility index (Phi) is 6.26. The third-order valence-corrected chi connectivity index (χ3v) is 5.09. The van der Waals surface area contributed by atoms with E-state index in [4.69, 9.17) is 4.74 Å². The number of ether oxygens (including phenoxy) is 1. The number of urea groups is 1. The van der Waals surface area contributed by atoms with Crippen molar-refractivity contribution in [3.63, 3.8) is 0 Å². The zero-order chi connectivity index (χ0) is 21.0. The quantitative estimate of drug-likeness (QED) is 0.568. The number of hydrogen-bond acceptors (Lipinski definition) is 6. The predicted octanol–water partition coefficient (Wildman–Crippen LogP) is 1.37. The van der Waals surface area contributed by atoms with Crippen LogP contribution in [0.2, 0.25) is 0 Å². The number of amides is 5. The van der Waals surface area contributed by atoms with E-state index in [9.17, 15) is 24.0 Å². The molecule has 2 N–H and O–H groups in total. The molecule has 0 saturated heterocycles. The standard InChI is InChI=1S/C20H23N3O6/c1-12(23-17(25)14-9-5-6-10-15(14)18(23)26)19(27)29-11-16(24)22-20(28)21-13-7-3-2-4-8-13/h5-6,9-10,12-13H,2-4,7-8,11H2,1H3,(H2,21,22,24,28)/t12-/m0/s1. The van der Waals surface area contributed by atoms with Crippen molar-refractivity contribution in [2.24, 2.45) is 0 Å². The van der Waals surface area contributed by atoms with E-state index < -0.39 is 42.4 Å². The average Bonchev–Trinajstić information content (AvgIpc) is 2.97. The Morgan fingerprint density at radius 1 is 1.07 bits per heavy atom. The summed E-state index contributed by atoms with van der Waals surface area (Å²) in [6.07, 6.45) is 4.95. The van der Waals surface area contributed by atoms with Crippen molar-refractivity contribution in [2.75, 3.05) is 6.61 Å². The fourth-order valence-corrected chi connectivity index (χ4v) is 3.55. The van der Waals surface area contributed by atoms with Crippen LogP contribution in [0.25, 0.3) is 0 Å². The van der Waals surface area contributed by atoms with Gasteiger partial charge in [0.25, 0.3) is 17.7 Å². The van der Waals surface area contributed by atoms with Crippen LogP contribution in [0, 0.1) is 0 Å². The number of nitrogens with zero attached hydrogens (tertiary/aromatic N) is 1. The van der Waals surface area contributed by atoms with Gasteiger partial charge in [0.05, 0.1) is 11.1 Å². The van der Waals surface area contributed by atoms with Gasteiger partial charge in [0, 0.05) is 6.04 Å². The molecule has 1 aliphatic carbocycles. The first-order chi connectivity index (χ1) is 13.9. The zero-order valence-corrected chi connectivity index (χ0v) is 16.1. The van der Waals surface area contributed by atoms with Gasteiger partial charge in [0.2, 0.25) is 0 Å². The van der Waals surface area contributed by atoms with Crippen LogP contribution in [-0.2, 0) is 14.3 Å². The van der Waals surface area contributed by atoms with Gasteiger partial charge in [-0.05, 0) is 31.9 Å². The summed E-state index contributed by atoms with van der Waals surface area (Å²) in [7, 11) is 0. The van der Waals surface area contributed by atoms with Crippen LogP contribution in [0.15, 0.2) is 24.3 Å². The molecule has 0 unspecified atom stereocenters. The molecule has 3 rings (SSSR count). The highest BCUT2D eigenvalue weighted by atomic mass is 16.5. The van der Waals surface area contributed by atoms with E-state index in [0.29, 0.717) is 0 Å². The van der Waals surface area contributed by atoms with Gasteiger partial charge in [0.15, 0.2) is 6.61 Å². The summed E-state index contributed by atoms with van der Waals surface area (Å²) in [6, 6.07) is 4.46. The molecule has 0 spiro atoms. The summed E-state index contributed by atoms with van der Waals surface area (Å²) in [4.78, 5) is 61.5. The maximum Gasteiger partial charge on any atom is 0.329 e. The van der Waals surface area contributed by atoms with E-state index in [-0.39, 0.29) is 17.2 Å². The van der Waals surface area contributed by atoms with Crippen molar-refractivity contribution in [3.05, 3.63) is 35.4 Å². The number of benzene rings is 1. The fraction of sp³-hybridized carbons (Fsp3) is 0.450. The van der Waals surface area contributed by atoms with Crippen LogP contribution >= 0.6 is 0 Å². The lowest BCUT2D eigenvalue weighted by Crippen LogP contribution is -2.47. The van der Waals surface area contributed by atoms with E-state index in [2.05, 4.69) is 10.6 Å². The Morgan fingerprint density at radius 3 is 2.24 bits per heavy atom. The monoisotopic (exact) mass is 401 g/mol. The molecule has 29 heavy (non-hydrogen) atoms. The number of rotatable bonds is 5. The lowest BCUT2D eigenvalue weighted by Gasteiger charge is -2.22. The fourth-order valence-electron chi connectivity index (χ4n) is 3.55. The second-order valence-electron chi connectivity index (χ2n) is 7.17. The largest absolute Gasteiger partial charge is 0.454 e. The number of nitrogens with one attached hydrogen (secondary N) is 2. The maximum atomic E-state index is 12.4. The molecule has 1 atom stereocenters. The number of hydrogen-bond donors (Lipinski definition) is 2. The van der Waals surface area contributed by atoms with E-state index >= 15 is 0 Å². The van der Waals surface area contributed by atoms with Crippen LogP contribution in [0.4, 0.5) is 4.79 Å². The van der Waals surface area contributed by atoms with Crippen molar-refractivity contribution < 1.29 is 28.7 Å². The van der Waals surface area contributed by atoms with Crippen LogP contribution in [0.5, 0.6) is 0 Å². The molecule has 5 amide bonds. The minimum absolute atomic E-state index is 0.0351. The third-order valence-electron chi connectivity index (χ3n) is 5.09. The van der Waals surface area contributed by atoms with Gasteiger partial charge in [-0.3, -0.25) is 24.6 Å². The summed E-state index contributed by atoms with van der Waals surface area (Å²) in [5, 5.41) is 4.83. The number of imide groups is 2. The zero-order valence-electron chi connectivity index (χ0n) is 16.1. The second-order valence-corrected chi connectivity index (χ2v) is 7.17. The minimum Gasteiger partial charge on any atom is -0.454 e. The SMILES string of the molecule is C[C@@H](C(=O)OCC(=O)NC(=O)NC1CCCCC1)N1C(=O)c2ccccc2C1=O. The van der Waals surface area contributed by atoms with Gasteiger partial charge < -0.3 is 10.1 Å². The maximum absolute atomic E-state index is 12.4. The van der Waals surface area contributed by atoms with Crippen molar-refractivity contribution >= 4 is 29.7 Å². The summed E-state index contributed by atoms with van der Waals surface area (Å²) in [5.41, 5.74) is 0.434. The highest BCUT2D eigenvalue weighted by molar-refractivity contribution is 6.22. The molecule has 1 saturated carbocycles. The highest BCUT2D eigenvalue weighted by Crippen LogP contribution is 2.24. The van der Waals surface area contributed by atoms with Crippen molar-refractivity contribution in [2.45, 2.75) is 51.1 Å². The molecule has 0 radical (unpaired) electrons. The van der Waals surface area contributed by atoms with Crippen LogP contribution in [0.3, 0.4) is 0 Å². The molecule has 154 valence electrons. The molecule has 2 aliphatic rings. The molecule has 9 nitrogen and oxygen atoms in total. The van der Waals surface area contributed by atoms with Crippen molar-refractivity contribution in [3.8, 4) is 0 Å². The topological polar surface area (TPSA) is 122 Å². The van der Waals surface area contributed by atoms with E-state index in [0.717, 1.165) is 37.0 Å². The summed E-state index contributed by atoms with van der Waals surface area (Å²) >= 11 is 0. The number of esters is 1. The molecule has 0 aromatic heterocycles. The molecule has 1 aromatic carbocycles. The first-order valence-corrected chi connectivity index (χ1v) is 9.62. The van der Waals surface area contributed by atoms with Crippen LogP contribution in [0.1, 0.15) is 59.7 Å². The summed E-state index contributed by atoms with van der Waals surface area (Å²) < 4.78 is 4.89. The Bertz CT molecular complexity index is 811. The Labute approximate surface area is 167 Å². The van der Waals surface area contributed by atoms with E-state index in [1.54, 1.807) is 12.1 Å². The smallest absolute Gasteiger partial charge is 0.329 e. The second kappa shape index (κ2) is 8.85. The first-order valence-electron chi connectivity index (χ1n) is 9.62. The Balaban J connectivity index is 1.47. The van der Waals surface area contributed by atoms with E-state index in [1.165, 1.54) is 19.1 Å². The Morgan fingerprint density at radius 2 is 1.66 bits per heavy atom. The predicted molar refractivity (Wildman–Crippen MR) is 101 cm³/mol. The lowest BCUT2D eigenvalue weighted by molar-refractivity contribution is -0.151. The molecule has 1 fully saturated rings. The number of carbonyl (C=O) groups is 5. The summed E-state index contributed by atoms with van der Waals surface area (Å²) in [6.45, 7) is 0.655. The van der Waals surface area contributed by atoms with Gasteiger partial charge in [-0.1, -0.05) is 31.4 Å². The number of carbonyl (C=O) groups excluding carboxylic acids is 5. The van der Waals surface area contributed by atoms with Gasteiger partial charge in [-0.15, -0.1) is 0 Å². The molecular formula is C20H23N3O6. The minimum atomic E-state index is -1.20. The average molecular weight is 401 g/mol. The molecule has 1 heterocycles. The normalized spacial score (nSPS) is 17.5. The van der Waals surface area contributed by atoms with Crippen molar-refractivity contribution in [1.82, 2.24) is 15.5 Å². The Hall–Kier alpha value is -3.23. The van der Waals surface area contributed by atoms with Crippen LogP contribution < -0.4 is 10.6 Å². The van der Waals surface area contributed by atoms with Gasteiger partial charge in [0.1, 0.15) is 6.04 Å². The molecule has 1 aromatic rings. The van der Waals surface area contributed by atoms with Crippen LogP contribution in [-0.4, -0.2) is 53.3 Å². The van der Waals surface area contributed by atoms with Gasteiger partial charge in [-0.2, -0.15) is 0 Å². The number of fused-ring (bicyclic) bond motifs is 1. The highest BCUT2D eigenvalue weighted by Gasteiger charge is 2.41.